The Morgan fingerprint density at radius 2 is 2.17 bits per heavy atom. The van der Waals surface area contributed by atoms with Crippen molar-refractivity contribution >= 4 is 27.6 Å². The lowest BCUT2D eigenvalue weighted by Gasteiger charge is -2.09. The molecule has 5 heteroatoms. The van der Waals surface area contributed by atoms with E-state index in [0.29, 0.717) is 19.6 Å². The molecule has 1 saturated heterocycles. The van der Waals surface area contributed by atoms with E-state index in [9.17, 15) is 4.79 Å². The number of unbranched alkanes of at least 4 members (excludes halogenated alkanes) is 1. The quantitative estimate of drug-likeness (QED) is 0.368. The zero-order valence-electron chi connectivity index (χ0n) is 11.4. The molecule has 106 valence electrons. The van der Waals surface area contributed by atoms with E-state index in [-0.39, 0.29) is 12.1 Å². The van der Waals surface area contributed by atoms with Crippen molar-refractivity contribution in [2.45, 2.75) is 57.3 Å². The van der Waals surface area contributed by atoms with Crippen molar-refractivity contribution in [3.8, 4) is 0 Å². The van der Waals surface area contributed by atoms with Gasteiger partial charge in [0.15, 0.2) is 0 Å². The molecule has 0 N–H and O–H groups in total. The van der Waals surface area contributed by atoms with E-state index < -0.39 is 0 Å². The van der Waals surface area contributed by atoms with E-state index in [1.54, 1.807) is 0 Å². The van der Waals surface area contributed by atoms with Gasteiger partial charge in [-0.05, 0) is 33.1 Å². The minimum absolute atomic E-state index is 0.0872. The van der Waals surface area contributed by atoms with Crippen LogP contribution in [0.15, 0.2) is 0 Å². The van der Waals surface area contributed by atoms with Crippen LogP contribution in [0.4, 0.5) is 0 Å². The van der Waals surface area contributed by atoms with Crippen LogP contribution in [0.25, 0.3) is 0 Å². The number of carbonyl (C=O) groups is 1. The van der Waals surface area contributed by atoms with Crippen LogP contribution in [0, 0.1) is 0 Å². The summed E-state index contributed by atoms with van der Waals surface area (Å²) in [5, 5.41) is 0.811. The Kier molecular flexibility index (Phi) is 8.98. The van der Waals surface area contributed by atoms with Gasteiger partial charge >= 0.3 is 5.97 Å². The number of carbonyl (C=O) groups excluding carboxylic acids is 1. The highest BCUT2D eigenvalue weighted by molar-refractivity contribution is 8.77. The molecule has 1 fully saturated rings. The number of ether oxygens (including phenoxy) is 2. The minimum atomic E-state index is -0.0872. The van der Waals surface area contributed by atoms with Crippen LogP contribution >= 0.6 is 21.6 Å². The van der Waals surface area contributed by atoms with Crippen molar-refractivity contribution in [2.24, 2.45) is 0 Å². The molecule has 0 aromatic rings. The maximum atomic E-state index is 11.4. The van der Waals surface area contributed by atoms with Gasteiger partial charge in [0.2, 0.25) is 0 Å². The zero-order valence-corrected chi connectivity index (χ0v) is 13.0. The first kappa shape index (κ1) is 16.2. The number of hydrogen-bond donors (Lipinski definition) is 0. The second kappa shape index (κ2) is 9.98. The lowest BCUT2D eigenvalue weighted by molar-refractivity contribution is -0.145. The lowest BCUT2D eigenvalue weighted by atomic mass is 10.1. The van der Waals surface area contributed by atoms with Crippen LogP contribution < -0.4 is 0 Å². The summed E-state index contributed by atoms with van der Waals surface area (Å²) in [7, 11) is 3.98. The molecule has 0 aromatic heterocycles. The highest BCUT2D eigenvalue weighted by Crippen LogP contribution is 2.39. The summed E-state index contributed by atoms with van der Waals surface area (Å²) in [6, 6.07) is 0. The topological polar surface area (TPSA) is 35.5 Å². The molecule has 1 atom stereocenters. The first-order valence-electron chi connectivity index (χ1n) is 6.74. The molecule has 18 heavy (non-hydrogen) atoms. The van der Waals surface area contributed by atoms with Gasteiger partial charge in [-0.3, -0.25) is 4.79 Å². The molecular formula is C13H24O3S2. The Balaban J connectivity index is 1.87. The SMILES string of the molecule is CC(C)OCCOC(=O)CCCCC1CCSS1. The highest BCUT2D eigenvalue weighted by atomic mass is 33.1. The molecular weight excluding hydrogens is 268 g/mol. The van der Waals surface area contributed by atoms with Crippen molar-refractivity contribution in [1.82, 2.24) is 0 Å². The third kappa shape index (κ3) is 8.27. The third-order valence-corrected chi connectivity index (χ3v) is 5.69. The number of hydrogen-bond acceptors (Lipinski definition) is 5. The first-order valence-corrected chi connectivity index (χ1v) is 9.12. The van der Waals surface area contributed by atoms with Crippen molar-refractivity contribution < 1.29 is 14.3 Å². The predicted octanol–water partition coefficient (Wildman–Crippen LogP) is 3.67. The fraction of sp³-hybridized carbons (Fsp3) is 0.923. The van der Waals surface area contributed by atoms with Crippen LogP contribution in [-0.2, 0) is 14.3 Å². The molecule has 0 saturated carbocycles. The van der Waals surface area contributed by atoms with Crippen LogP contribution in [0.1, 0.15) is 46.0 Å². The molecule has 1 unspecified atom stereocenters. The summed E-state index contributed by atoms with van der Waals surface area (Å²) in [6.07, 6.45) is 5.40. The molecule has 1 aliphatic rings. The minimum Gasteiger partial charge on any atom is -0.463 e. The standard InChI is InChI=1S/C13H24O3S2/c1-11(2)15-8-9-16-13(14)6-4-3-5-12-7-10-17-18-12/h11-12H,3-10H2,1-2H3. The second-order valence-corrected chi connectivity index (χ2v) is 7.50. The molecule has 1 heterocycles. The van der Waals surface area contributed by atoms with E-state index in [2.05, 4.69) is 0 Å². The predicted molar refractivity (Wildman–Crippen MR) is 79.0 cm³/mol. The molecule has 0 radical (unpaired) electrons. The molecule has 0 bridgehead atoms. The third-order valence-electron chi connectivity index (χ3n) is 2.68. The van der Waals surface area contributed by atoms with Gasteiger partial charge in [0.25, 0.3) is 0 Å². The van der Waals surface area contributed by atoms with Gasteiger partial charge < -0.3 is 9.47 Å². The van der Waals surface area contributed by atoms with E-state index in [1.165, 1.54) is 18.6 Å². The van der Waals surface area contributed by atoms with Crippen LogP contribution in [0.3, 0.4) is 0 Å². The van der Waals surface area contributed by atoms with Gasteiger partial charge in [-0.25, -0.2) is 0 Å². The zero-order chi connectivity index (χ0) is 13.2. The number of esters is 1. The second-order valence-electron chi connectivity index (χ2n) is 4.71. The van der Waals surface area contributed by atoms with Crippen molar-refractivity contribution in [3.05, 3.63) is 0 Å². The normalized spacial score (nSPS) is 19.4. The van der Waals surface area contributed by atoms with Gasteiger partial charge in [-0.2, -0.15) is 0 Å². The molecule has 0 amide bonds. The Labute approximate surface area is 118 Å². The smallest absolute Gasteiger partial charge is 0.305 e. The lowest BCUT2D eigenvalue weighted by Crippen LogP contribution is -2.13. The monoisotopic (exact) mass is 292 g/mol. The van der Waals surface area contributed by atoms with Crippen LogP contribution in [0.5, 0.6) is 0 Å². The summed E-state index contributed by atoms with van der Waals surface area (Å²) < 4.78 is 10.4. The maximum absolute atomic E-state index is 11.4. The molecule has 0 spiro atoms. The van der Waals surface area contributed by atoms with Crippen molar-refractivity contribution in [1.29, 1.82) is 0 Å². The summed E-state index contributed by atoms with van der Waals surface area (Å²) in [5.74, 6) is 1.20. The van der Waals surface area contributed by atoms with Gasteiger partial charge in [0.1, 0.15) is 6.61 Å². The fourth-order valence-corrected chi connectivity index (χ4v) is 4.74. The average molecular weight is 292 g/mol. The van der Waals surface area contributed by atoms with Crippen molar-refractivity contribution in [2.75, 3.05) is 19.0 Å². The number of rotatable bonds is 9. The molecule has 1 rings (SSSR count). The van der Waals surface area contributed by atoms with Crippen LogP contribution in [0.2, 0.25) is 0 Å². The summed E-state index contributed by atoms with van der Waals surface area (Å²) in [5.41, 5.74) is 0. The molecule has 0 aromatic carbocycles. The Bertz CT molecular complexity index is 228. The molecule has 0 aliphatic carbocycles. The summed E-state index contributed by atoms with van der Waals surface area (Å²) in [4.78, 5) is 11.4. The van der Waals surface area contributed by atoms with Crippen molar-refractivity contribution in [3.63, 3.8) is 0 Å². The van der Waals surface area contributed by atoms with Gasteiger partial charge in [0.05, 0.1) is 12.7 Å². The van der Waals surface area contributed by atoms with E-state index >= 15 is 0 Å². The Hall–Kier alpha value is 0.130. The fourth-order valence-electron chi connectivity index (χ4n) is 1.72. The van der Waals surface area contributed by atoms with E-state index in [4.69, 9.17) is 9.47 Å². The van der Waals surface area contributed by atoms with Gasteiger partial charge in [0, 0.05) is 17.4 Å². The summed E-state index contributed by atoms with van der Waals surface area (Å²) >= 11 is 0. The maximum Gasteiger partial charge on any atom is 0.305 e. The van der Waals surface area contributed by atoms with E-state index in [0.717, 1.165) is 18.1 Å². The molecule has 1 aliphatic heterocycles. The Morgan fingerprint density at radius 3 is 2.83 bits per heavy atom. The van der Waals surface area contributed by atoms with E-state index in [1.807, 2.05) is 35.4 Å². The average Bonchev–Trinajstić information content (AvgIpc) is 2.83. The first-order chi connectivity index (χ1) is 8.68. The summed E-state index contributed by atoms with van der Waals surface area (Å²) in [6.45, 7) is 4.83. The van der Waals surface area contributed by atoms with Gasteiger partial charge in [-0.15, -0.1) is 0 Å². The van der Waals surface area contributed by atoms with Gasteiger partial charge in [-0.1, -0.05) is 28.0 Å². The highest BCUT2D eigenvalue weighted by Gasteiger charge is 2.15. The largest absolute Gasteiger partial charge is 0.463 e. The van der Waals surface area contributed by atoms with Crippen LogP contribution in [-0.4, -0.2) is 36.3 Å². The Morgan fingerprint density at radius 1 is 1.33 bits per heavy atom. The molecule has 3 nitrogen and oxygen atoms in total.